The Bertz CT molecular complexity index is 388. The number of piperidine rings is 1. The molecule has 0 bridgehead atoms. The summed E-state index contributed by atoms with van der Waals surface area (Å²) >= 11 is 0. The lowest BCUT2D eigenvalue weighted by Crippen LogP contribution is -2.34. The molecule has 92 valence electrons. The van der Waals surface area contributed by atoms with E-state index in [-0.39, 0.29) is 6.10 Å². The summed E-state index contributed by atoms with van der Waals surface area (Å²) in [7, 11) is 0. The highest BCUT2D eigenvalue weighted by Gasteiger charge is 2.20. The van der Waals surface area contributed by atoms with Crippen LogP contribution in [-0.4, -0.2) is 32.4 Å². The number of rotatable bonds is 2. The van der Waals surface area contributed by atoms with E-state index in [0.29, 0.717) is 13.2 Å². The molecule has 0 unspecified atom stereocenters. The molecule has 4 nitrogen and oxygen atoms in total. The second-order valence-corrected chi connectivity index (χ2v) is 4.35. The SMILES string of the molecule is c1cc2c(c(OC3CCNCC3)c1)OCCO2. The molecular weight excluding hydrogens is 218 g/mol. The molecule has 4 heteroatoms. The molecule has 1 N–H and O–H groups in total. The van der Waals surface area contributed by atoms with Crippen molar-refractivity contribution in [2.45, 2.75) is 18.9 Å². The van der Waals surface area contributed by atoms with Crippen molar-refractivity contribution < 1.29 is 14.2 Å². The van der Waals surface area contributed by atoms with Crippen LogP contribution in [0, 0.1) is 0 Å². The fraction of sp³-hybridized carbons (Fsp3) is 0.538. The van der Waals surface area contributed by atoms with Crippen LogP contribution in [0.4, 0.5) is 0 Å². The van der Waals surface area contributed by atoms with Gasteiger partial charge >= 0.3 is 0 Å². The van der Waals surface area contributed by atoms with Gasteiger partial charge < -0.3 is 19.5 Å². The van der Waals surface area contributed by atoms with Crippen LogP contribution in [0.1, 0.15) is 12.8 Å². The Balaban J connectivity index is 1.77. The molecule has 1 aromatic carbocycles. The van der Waals surface area contributed by atoms with Gasteiger partial charge in [-0.25, -0.2) is 0 Å². The lowest BCUT2D eigenvalue weighted by molar-refractivity contribution is 0.133. The second-order valence-electron chi connectivity index (χ2n) is 4.35. The van der Waals surface area contributed by atoms with Gasteiger partial charge in [0.2, 0.25) is 5.75 Å². The first-order chi connectivity index (χ1) is 8.43. The average molecular weight is 235 g/mol. The van der Waals surface area contributed by atoms with E-state index in [1.54, 1.807) is 0 Å². The Morgan fingerprint density at radius 2 is 1.94 bits per heavy atom. The molecule has 1 aromatic rings. The Kier molecular flexibility index (Phi) is 3.05. The number of hydrogen-bond donors (Lipinski definition) is 1. The molecule has 0 saturated carbocycles. The maximum Gasteiger partial charge on any atom is 0.203 e. The molecule has 0 aliphatic carbocycles. The smallest absolute Gasteiger partial charge is 0.203 e. The molecule has 0 amide bonds. The number of fused-ring (bicyclic) bond motifs is 1. The Morgan fingerprint density at radius 1 is 1.12 bits per heavy atom. The standard InChI is InChI=1S/C13H17NO3/c1-2-11-13(16-9-8-15-11)12(3-1)17-10-4-6-14-7-5-10/h1-3,10,14H,4-9H2. The van der Waals surface area contributed by atoms with E-state index < -0.39 is 0 Å². The maximum absolute atomic E-state index is 6.01. The Hall–Kier alpha value is -1.42. The molecule has 2 heterocycles. The van der Waals surface area contributed by atoms with Crippen LogP contribution in [0.25, 0.3) is 0 Å². The molecule has 0 aromatic heterocycles. The number of para-hydroxylation sites is 1. The number of nitrogens with one attached hydrogen (secondary N) is 1. The third-order valence-corrected chi connectivity index (χ3v) is 3.11. The van der Waals surface area contributed by atoms with Gasteiger partial charge in [0.1, 0.15) is 19.3 Å². The first-order valence-corrected chi connectivity index (χ1v) is 6.19. The van der Waals surface area contributed by atoms with Gasteiger partial charge in [0, 0.05) is 0 Å². The van der Waals surface area contributed by atoms with Crippen molar-refractivity contribution in [2.24, 2.45) is 0 Å². The van der Waals surface area contributed by atoms with E-state index in [1.807, 2.05) is 18.2 Å². The zero-order valence-corrected chi connectivity index (χ0v) is 9.78. The summed E-state index contributed by atoms with van der Waals surface area (Å²) in [5, 5.41) is 3.33. The first-order valence-electron chi connectivity index (χ1n) is 6.19. The summed E-state index contributed by atoms with van der Waals surface area (Å²) in [5.74, 6) is 2.37. The lowest BCUT2D eigenvalue weighted by Gasteiger charge is -2.26. The number of benzene rings is 1. The summed E-state index contributed by atoms with van der Waals surface area (Å²) in [6, 6.07) is 5.82. The minimum absolute atomic E-state index is 0.285. The van der Waals surface area contributed by atoms with Crippen LogP contribution < -0.4 is 19.5 Å². The summed E-state index contributed by atoms with van der Waals surface area (Å²) in [5.41, 5.74) is 0. The van der Waals surface area contributed by atoms with E-state index in [4.69, 9.17) is 14.2 Å². The molecule has 2 aliphatic heterocycles. The van der Waals surface area contributed by atoms with Crippen LogP contribution >= 0.6 is 0 Å². The Morgan fingerprint density at radius 3 is 2.82 bits per heavy atom. The van der Waals surface area contributed by atoms with Crippen molar-refractivity contribution in [2.75, 3.05) is 26.3 Å². The monoisotopic (exact) mass is 235 g/mol. The van der Waals surface area contributed by atoms with E-state index in [9.17, 15) is 0 Å². The zero-order chi connectivity index (χ0) is 11.5. The van der Waals surface area contributed by atoms with Gasteiger partial charge in [-0.2, -0.15) is 0 Å². The van der Waals surface area contributed by atoms with Crippen molar-refractivity contribution >= 4 is 0 Å². The van der Waals surface area contributed by atoms with E-state index in [1.165, 1.54) is 0 Å². The van der Waals surface area contributed by atoms with Gasteiger partial charge in [-0.15, -0.1) is 0 Å². The molecule has 17 heavy (non-hydrogen) atoms. The van der Waals surface area contributed by atoms with Gasteiger partial charge in [-0.05, 0) is 38.1 Å². The molecule has 0 spiro atoms. The van der Waals surface area contributed by atoms with Crippen LogP contribution in [0.3, 0.4) is 0 Å². The average Bonchev–Trinajstić information content (AvgIpc) is 2.40. The van der Waals surface area contributed by atoms with Crippen LogP contribution in [-0.2, 0) is 0 Å². The summed E-state index contributed by atoms with van der Waals surface area (Å²) < 4.78 is 17.2. The highest BCUT2D eigenvalue weighted by Crippen LogP contribution is 2.39. The zero-order valence-electron chi connectivity index (χ0n) is 9.78. The summed E-state index contributed by atoms with van der Waals surface area (Å²) in [4.78, 5) is 0. The fourth-order valence-electron chi connectivity index (χ4n) is 2.23. The number of hydrogen-bond acceptors (Lipinski definition) is 4. The van der Waals surface area contributed by atoms with Crippen molar-refractivity contribution in [1.82, 2.24) is 5.32 Å². The van der Waals surface area contributed by atoms with E-state index >= 15 is 0 Å². The normalized spacial score (nSPS) is 20.0. The summed E-state index contributed by atoms with van der Waals surface area (Å²) in [6.07, 6.45) is 2.38. The minimum atomic E-state index is 0.285. The molecule has 1 fully saturated rings. The van der Waals surface area contributed by atoms with E-state index in [2.05, 4.69) is 5.32 Å². The van der Waals surface area contributed by atoms with Crippen LogP contribution in [0.15, 0.2) is 18.2 Å². The third-order valence-electron chi connectivity index (χ3n) is 3.11. The predicted molar refractivity (Wildman–Crippen MR) is 64.0 cm³/mol. The third kappa shape index (κ3) is 2.31. The molecule has 2 aliphatic rings. The number of ether oxygens (including phenoxy) is 3. The molecular formula is C13H17NO3. The van der Waals surface area contributed by atoms with Crippen molar-refractivity contribution in [3.05, 3.63) is 18.2 Å². The lowest BCUT2D eigenvalue weighted by atomic mass is 10.1. The van der Waals surface area contributed by atoms with Gasteiger partial charge in [-0.3, -0.25) is 0 Å². The second kappa shape index (κ2) is 4.84. The molecule has 1 saturated heterocycles. The minimum Gasteiger partial charge on any atom is -0.486 e. The molecule has 0 radical (unpaired) electrons. The highest BCUT2D eigenvalue weighted by atomic mass is 16.6. The molecule has 3 rings (SSSR count). The van der Waals surface area contributed by atoms with Gasteiger partial charge in [0.15, 0.2) is 11.5 Å². The quantitative estimate of drug-likeness (QED) is 0.845. The van der Waals surface area contributed by atoms with Crippen LogP contribution in [0.2, 0.25) is 0 Å². The largest absolute Gasteiger partial charge is 0.486 e. The van der Waals surface area contributed by atoms with Gasteiger partial charge in [0.05, 0.1) is 0 Å². The highest BCUT2D eigenvalue weighted by molar-refractivity contribution is 5.51. The maximum atomic E-state index is 6.01. The van der Waals surface area contributed by atoms with Crippen molar-refractivity contribution in [3.8, 4) is 17.2 Å². The first kappa shape index (κ1) is 10.7. The summed E-state index contributed by atoms with van der Waals surface area (Å²) in [6.45, 7) is 3.26. The van der Waals surface area contributed by atoms with Gasteiger partial charge in [-0.1, -0.05) is 6.07 Å². The molecule has 0 atom stereocenters. The fourth-order valence-corrected chi connectivity index (χ4v) is 2.23. The Labute approximate surface area is 101 Å². The van der Waals surface area contributed by atoms with Crippen LogP contribution in [0.5, 0.6) is 17.2 Å². The van der Waals surface area contributed by atoms with Crippen molar-refractivity contribution in [1.29, 1.82) is 0 Å². The van der Waals surface area contributed by atoms with E-state index in [0.717, 1.165) is 43.2 Å². The van der Waals surface area contributed by atoms with Gasteiger partial charge in [0.25, 0.3) is 0 Å². The topological polar surface area (TPSA) is 39.7 Å². The predicted octanol–water partition coefficient (Wildman–Crippen LogP) is 1.59. The van der Waals surface area contributed by atoms with Crippen molar-refractivity contribution in [3.63, 3.8) is 0 Å².